The third-order valence-corrected chi connectivity index (χ3v) is 4.82. The van der Waals surface area contributed by atoms with Crippen LogP contribution in [0.1, 0.15) is 28.5 Å². The van der Waals surface area contributed by atoms with Crippen LogP contribution in [0.3, 0.4) is 0 Å². The molecular weight excluding hydrogens is 400 g/mol. The van der Waals surface area contributed by atoms with Crippen LogP contribution in [0.25, 0.3) is 0 Å². The minimum atomic E-state index is -0.489. The Bertz CT molecular complexity index is 1110. The van der Waals surface area contributed by atoms with Crippen molar-refractivity contribution in [2.45, 2.75) is 26.4 Å². The van der Waals surface area contributed by atoms with Crippen molar-refractivity contribution in [1.82, 2.24) is 20.3 Å². The summed E-state index contributed by atoms with van der Waals surface area (Å²) in [6.07, 6.45) is 0.920. The molecule has 0 fully saturated rings. The van der Waals surface area contributed by atoms with Crippen LogP contribution in [0, 0.1) is 0 Å². The lowest BCUT2D eigenvalue weighted by atomic mass is 10.1. The number of carbonyl (C=O) groups excluding carboxylic acids is 2. The molecule has 0 saturated carbocycles. The topological polar surface area (TPSA) is 133 Å². The lowest BCUT2D eigenvalue weighted by Gasteiger charge is -2.07. The average molecular weight is 422 g/mol. The summed E-state index contributed by atoms with van der Waals surface area (Å²) in [5.74, 6) is 0.499. The van der Waals surface area contributed by atoms with Crippen molar-refractivity contribution in [3.05, 3.63) is 59.3 Å². The van der Waals surface area contributed by atoms with Gasteiger partial charge in [-0.1, -0.05) is 30.3 Å². The Hall–Kier alpha value is -4.08. The molecule has 10 nitrogen and oxygen atoms in total. The molecule has 0 aliphatic carbocycles. The van der Waals surface area contributed by atoms with Gasteiger partial charge in [0.05, 0.1) is 0 Å². The smallest absolute Gasteiger partial charge is 0.275 e. The summed E-state index contributed by atoms with van der Waals surface area (Å²) in [6.45, 7) is 2.33. The molecule has 0 atom stereocenters. The number of hydrogen-bond donors (Lipinski definition) is 3. The number of nitrogens with zero attached hydrogens (tertiary/aromatic N) is 3. The van der Waals surface area contributed by atoms with Crippen LogP contribution < -0.4 is 25.8 Å². The molecule has 31 heavy (non-hydrogen) atoms. The highest BCUT2D eigenvalue weighted by Crippen LogP contribution is 2.32. The number of carbonyl (C=O) groups is 2. The molecule has 0 spiro atoms. The molecule has 2 heterocycles. The predicted molar refractivity (Wildman–Crippen MR) is 113 cm³/mol. The van der Waals surface area contributed by atoms with E-state index in [-0.39, 0.29) is 37.3 Å². The number of aromatic nitrogens is 3. The second kappa shape index (κ2) is 8.74. The molecule has 1 aliphatic rings. The zero-order valence-corrected chi connectivity index (χ0v) is 16.9. The fourth-order valence-electron chi connectivity index (χ4n) is 3.08. The SMILES string of the molecule is CCc1ccc(NC(=O)Cn2nnc(C(=O)NCc3ccc4c(c3)OCO4)c2N)cc1. The van der Waals surface area contributed by atoms with Gasteiger partial charge in [-0.25, -0.2) is 4.68 Å². The van der Waals surface area contributed by atoms with E-state index in [0.29, 0.717) is 17.2 Å². The number of ether oxygens (including phenoxy) is 2. The summed E-state index contributed by atoms with van der Waals surface area (Å²) in [4.78, 5) is 24.8. The van der Waals surface area contributed by atoms with Crippen LogP contribution >= 0.6 is 0 Å². The van der Waals surface area contributed by atoms with Crippen molar-refractivity contribution in [3.63, 3.8) is 0 Å². The number of nitrogens with one attached hydrogen (secondary N) is 2. The maximum absolute atomic E-state index is 12.5. The first-order chi connectivity index (χ1) is 15.0. The molecule has 2 aromatic carbocycles. The second-order valence-electron chi connectivity index (χ2n) is 6.95. The second-order valence-corrected chi connectivity index (χ2v) is 6.95. The van der Waals surface area contributed by atoms with Crippen molar-refractivity contribution < 1.29 is 19.1 Å². The van der Waals surface area contributed by atoms with Gasteiger partial charge >= 0.3 is 0 Å². The standard InChI is InChI=1S/C21H22N6O4/c1-2-13-3-6-15(7-4-13)24-18(28)11-27-20(22)19(25-26-27)21(29)23-10-14-5-8-16-17(9-14)31-12-30-16/h3-9H,2,10-12,22H2,1H3,(H,23,29)(H,24,28). The minimum Gasteiger partial charge on any atom is -0.454 e. The number of aryl methyl sites for hydroxylation is 1. The van der Waals surface area contributed by atoms with E-state index in [1.807, 2.05) is 30.3 Å². The largest absolute Gasteiger partial charge is 0.454 e. The van der Waals surface area contributed by atoms with Gasteiger partial charge in [0.1, 0.15) is 6.54 Å². The fourth-order valence-corrected chi connectivity index (χ4v) is 3.08. The van der Waals surface area contributed by atoms with Crippen LogP contribution in [0.5, 0.6) is 11.5 Å². The van der Waals surface area contributed by atoms with Gasteiger partial charge in [-0.3, -0.25) is 9.59 Å². The first kappa shape index (κ1) is 20.2. The van der Waals surface area contributed by atoms with Gasteiger partial charge in [0.15, 0.2) is 23.0 Å². The van der Waals surface area contributed by atoms with Crippen LogP contribution in [0.2, 0.25) is 0 Å². The predicted octanol–water partition coefficient (Wildman–Crippen LogP) is 1.72. The summed E-state index contributed by atoms with van der Waals surface area (Å²) in [6, 6.07) is 12.9. The highest BCUT2D eigenvalue weighted by atomic mass is 16.7. The van der Waals surface area contributed by atoms with Gasteiger partial charge in [0.2, 0.25) is 12.7 Å². The first-order valence-electron chi connectivity index (χ1n) is 9.78. The van der Waals surface area contributed by atoms with Crippen molar-refractivity contribution in [3.8, 4) is 11.5 Å². The summed E-state index contributed by atoms with van der Waals surface area (Å²) in [5.41, 5.74) is 8.62. The number of hydrogen-bond acceptors (Lipinski definition) is 7. The molecule has 4 rings (SSSR count). The molecule has 4 N–H and O–H groups in total. The van der Waals surface area contributed by atoms with Crippen molar-refractivity contribution >= 4 is 23.3 Å². The van der Waals surface area contributed by atoms with Gasteiger partial charge in [-0.15, -0.1) is 5.10 Å². The Kier molecular flexibility index (Phi) is 5.69. The van der Waals surface area contributed by atoms with Crippen LogP contribution in [-0.4, -0.2) is 33.6 Å². The Labute approximate surface area is 178 Å². The Morgan fingerprint density at radius 2 is 1.84 bits per heavy atom. The summed E-state index contributed by atoms with van der Waals surface area (Å²) >= 11 is 0. The Balaban J connectivity index is 1.34. The molecule has 160 valence electrons. The van der Waals surface area contributed by atoms with Crippen molar-refractivity contribution in [2.75, 3.05) is 17.8 Å². The Morgan fingerprint density at radius 3 is 2.61 bits per heavy atom. The average Bonchev–Trinajstić information content (AvgIpc) is 3.39. The van der Waals surface area contributed by atoms with Gasteiger partial charge < -0.3 is 25.8 Å². The third kappa shape index (κ3) is 4.58. The number of benzene rings is 2. The maximum atomic E-state index is 12.5. The lowest BCUT2D eigenvalue weighted by Crippen LogP contribution is -2.25. The van der Waals surface area contributed by atoms with E-state index in [4.69, 9.17) is 15.2 Å². The molecule has 1 aromatic heterocycles. The van der Waals surface area contributed by atoms with E-state index in [9.17, 15) is 9.59 Å². The monoisotopic (exact) mass is 422 g/mol. The number of nitrogens with two attached hydrogens (primary N) is 1. The maximum Gasteiger partial charge on any atom is 0.275 e. The van der Waals surface area contributed by atoms with Gasteiger partial charge in [-0.2, -0.15) is 0 Å². The summed E-state index contributed by atoms with van der Waals surface area (Å²) in [7, 11) is 0. The van der Waals surface area contributed by atoms with Gasteiger partial charge in [-0.05, 0) is 41.8 Å². The van der Waals surface area contributed by atoms with Crippen LogP contribution in [-0.2, 0) is 24.3 Å². The number of fused-ring (bicyclic) bond motifs is 1. The van der Waals surface area contributed by atoms with Crippen molar-refractivity contribution in [1.29, 1.82) is 0 Å². The molecule has 0 bridgehead atoms. The zero-order valence-electron chi connectivity index (χ0n) is 16.9. The summed E-state index contributed by atoms with van der Waals surface area (Å²) in [5, 5.41) is 13.2. The highest BCUT2D eigenvalue weighted by Gasteiger charge is 2.19. The van der Waals surface area contributed by atoms with E-state index < -0.39 is 5.91 Å². The quantitative estimate of drug-likeness (QED) is 0.528. The molecule has 0 unspecified atom stereocenters. The minimum absolute atomic E-state index is 0.0136. The van der Waals surface area contributed by atoms with E-state index in [1.54, 1.807) is 12.1 Å². The molecule has 1 aliphatic heterocycles. The van der Waals surface area contributed by atoms with Crippen molar-refractivity contribution in [2.24, 2.45) is 0 Å². The number of nitrogen functional groups attached to an aromatic ring is 1. The first-order valence-corrected chi connectivity index (χ1v) is 9.78. The lowest BCUT2D eigenvalue weighted by molar-refractivity contribution is -0.116. The number of rotatable bonds is 7. The number of amides is 2. The molecule has 2 amide bonds. The normalized spacial score (nSPS) is 11.9. The van der Waals surface area contributed by atoms with Gasteiger partial charge in [0, 0.05) is 12.2 Å². The zero-order chi connectivity index (χ0) is 21.8. The van der Waals surface area contributed by atoms with E-state index in [2.05, 4.69) is 27.9 Å². The number of anilines is 2. The Morgan fingerprint density at radius 1 is 1.10 bits per heavy atom. The van der Waals surface area contributed by atoms with E-state index in [0.717, 1.165) is 12.0 Å². The molecule has 0 radical (unpaired) electrons. The van der Waals surface area contributed by atoms with E-state index in [1.165, 1.54) is 10.2 Å². The molecule has 3 aromatic rings. The van der Waals surface area contributed by atoms with Gasteiger partial charge in [0.25, 0.3) is 5.91 Å². The third-order valence-electron chi connectivity index (χ3n) is 4.82. The molecule has 0 saturated heterocycles. The highest BCUT2D eigenvalue weighted by molar-refractivity contribution is 5.96. The summed E-state index contributed by atoms with van der Waals surface area (Å²) < 4.78 is 11.8. The molecule has 10 heteroatoms. The van der Waals surface area contributed by atoms with E-state index >= 15 is 0 Å². The molecular formula is C21H22N6O4. The van der Waals surface area contributed by atoms with Crippen LogP contribution in [0.15, 0.2) is 42.5 Å². The van der Waals surface area contributed by atoms with Crippen LogP contribution in [0.4, 0.5) is 11.5 Å². The fraction of sp³-hybridized carbons (Fsp3) is 0.238.